The van der Waals surface area contributed by atoms with Gasteiger partial charge in [0.2, 0.25) is 0 Å². The van der Waals surface area contributed by atoms with Gasteiger partial charge in [-0.2, -0.15) is 0 Å². The third-order valence-electron chi connectivity index (χ3n) is 4.15. The second-order valence-corrected chi connectivity index (χ2v) is 8.64. The zero-order valence-corrected chi connectivity index (χ0v) is 17.1. The van der Waals surface area contributed by atoms with Gasteiger partial charge in [0.1, 0.15) is 0 Å². The predicted octanol–water partition coefficient (Wildman–Crippen LogP) is 3.59. The summed E-state index contributed by atoms with van der Waals surface area (Å²) in [5.41, 5.74) is 3.53. The first-order chi connectivity index (χ1) is 13.6. The Bertz CT molecular complexity index is 954. The molecule has 0 atom stereocenters. The molecule has 5 heteroatoms. The monoisotopic (exact) mass is 435 g/mol. The third-order valence-corrected chi connectivity index (χ3v) is 6.58. The Morgan fingerprint density at radius 3 is 2.43 bits per heavy atom. The summed E-state index contributed by atoms with van der Waals surface area (Å²) >= 11 is -0.407. The molecule has 0 spiro atoms. The first kappa shape index (κ1) is 20.1. The van der Waals surface area contributed by atoms with Gasteiger partial charge in [0.25, 0.3) is 0 Å². The van der Waals surface area contributed by atoms with E-state index in [1.165, 1.54) is 0 Å². The summed E-state index contributed by atoms with van der Waals surface area (Å²) in [6.45, 7) is 0.444. The van der Waals surface area contributed by atoms with Crippen LogP contribution < -0.4 is 4.35 Å². The van der Waals surface area contributed by atoms with Crippen molar-refractivity contribution in [2.24, 2.45) is 0 Å². The molecule has 0 bridgehead atoms. The molecule has 1 radical (unpaired) electrons. The van der Waals surface area contributed by atoms with Gasteiger partial charge >= 0.3 is 171 Å². The standard InChI is InChI=1S/C23H20AsO4/c25-21(14-24-20-11-6-10-18(13-20)23(26)27)16-28-15-19-9-4-5-12-22(19)17-7-2-1-3-8-17/h1-13H,14-16H2,(H,26,27). The van der Waals surface area contributed by atoms with Crippen LogP contribution in [0, 0.1) is 0 Å². The Labute approximate surface area is 170 Å². The van der Waals surface area contributed by atoms with Crippen LogP contribution in [0.1, 0.15) is 15.9 Å². The Morgan fingerprint density at radius 2 is 1.64 bits per heavy atom. The van der Waals surface area contributed by atoms with Crippen molar-refractivity contribution in [3.8, 4) is 11.1 Å². The molecule has 3 aromatic rings. The number of carboxylic acids is 1. The Balaban J connectivity index is 1.51. The van der Waals surface area contributed by atoms with E-state index in [2.05, 4.69) is 18.2 Å². The number of aromatic carboxylic acids is 1. The SMILES string of the molecule is O=C(COCc1ccccc1-c1ccccc1)C[As]c1cccc(C(=O)O)c1. The van der Waals surface area contributed by atoms with Crippen LogP contribution in [-0.4, -0.2) is 39.2 Å². The minimum absolute atomic E-state index is 0.0397. The van der Waals surface area contributed by atoms with E-state index in [1.807, 2.05) is 42.5 Å². The molecule has 4 nitrogen and oxygen atoms in total. The maximum atomic E-state index is 12.2. The first-order valence-electron chi connectivity index (χ1n) is 8.87. The van der Waals surface area contributed by atoms with E-state index in [0.29, 0.717) is 11.8 Å². The summed E-state index contributed by atoms with van der Waals surface area (Å²) in [7, 11) is 0. The molecule has 1 N–H and O–H groups in total. The van der Waals surface area contributed by atoms with Crippen molar-refractivity contribution >= 4 is 31.9 Å². The van der Waals surface area contributed by atoms with Gasteiger partial charge in [0.05, 0.1) is 0 Å². The van der Waals surface area contributed by atoms with Crippen LogP contribution in [0.25, 0.3) is 11.1 Å². The van der Waals surface area contributed by atoms with Crippen molar-refractivity contribution in [3.63, 3.8) is 0 Å². The molecular weight excluding hydrogens is 415 g/mol. The number of carbonyl (C=O) groups excluding carboxylic acids is 1. The minimum atomic E-state index is -0.949. The van der Waals surface area contributed by atoms with Gasteiger partial charge in [-0.3, -0.25) is 0 Å². The van der Waals surface area contributed by atoms with Crippen molar-refractivity contribution < 1.29 is 19.4 Å². The number of hydrogen-bond acceptors (Lipinski definition) is 3. The van der Waals surface area contributed by atoms with Gasteiger partial charge in [-0.1, -0.05) is 0 Å². The molecule has 0 amide bonds. The topological polar surface area (TPSA) is 63.6 Å². The first-order valence-corrected chi connectivity index (χ1v) is 11.1. The van der Waals surface area contributed by atoms with Gasteiger partial charge in [0.15, 0.2) is 0 Å². The van der Waals surface area contributed by atoms with Gasteiger partial charge in [-0.25, -0.2) is 0 Å². The third kappa shape index (κ3) is 5.66. The summed E-state index contributed by atoms with van der Waals surface area (Å²) < 4.78 is 6.59. The Hall–Kier alpha value is -2.68. The molecule has 0 fully saturated rings. The number of Topliss-reactive ketones (excluding diaryl/α,β-unsaturated/α-hetero) is 1. The predicted molar refractivity (Wildman–Crippen MR) is 110 cm³/mol. The number of carboxylic acid groups (broad SMARTS) is 1. The quantitative estimate of drug-likeness (QED) is 0.522. The number of carbonyl (C=O) groups is 2. The fraction of sp³-hybridized carbons (Fsp3) is 0.130. The molecule has 141 valence electrons. The number of benzene rings is 3. The number of hydrogen-bond donors (Lipinski definition) is 1. The fourth-order valence-electron chi connectivity index (χ4n) is 2.78. The van der Waals surface area contributed by atoms with Crippen molar-refractivity contribution in [1.29, 1.82) is 0 Å². The van der Waals surface area contributed by atoms with Crippen LogP contribution in [-0.2, 0) is 16.1 Å². The van der Waals surface area contributed by atoms with Crippen LogP contribution in [0.5, 0.6) is 0 Å². The maximum absolute atomic E-state index is 12.2. The second-order valence-electron chi connectivity index (χ2n) is 6.23. The zero-order chi connectivity index (χ0) is 19.8. The van der Waals surface area contributed by atoms with E-state index in [1.54, 1.807) is 18.2 Å². The second kappa shape index (κ2) is 10.0. The zero-order valence-electron chi connectivity index (χ0n) is 15.2. The molecule has 0 aliphatic heterocycles. The van der Waals surface area contributed by atoms with Gasteiger partial charge in [-0.05, 0) is 0 Å². The van der Waals surface area contributed by atoms with E-state index in [-0.39, 0.29) is 18.0 Å². The molecule has 3 aromatic carbocycles. The molecule has 3 rings (SSSR count). The summed E-state index contributed by atoms with van der Waals surface area (Å²) in [5.74, 6) is -0.910. The van der Waals surface area contributed by atoms with E-state index >= 15 is 0 Å². The van der Waals surface area contributed by atoms with Crippen LogP contribution in [0.3, 0.4) is 0 Å². The van der Waals surface area contributed by atoms with Gasteiger partial charge in [-0.15, -0.1) is 0 Å². The van der Waals surface area contributed by atoms with E-state index < -0.39 is 21.7 Å². The van der Waals surface area contributed by atoms with Crippen LogP contribution in [0.15, 0.2) is 78.9 Å². The van der Waals surface area contributed by atoms with Crippen LogP contribution >= 0.6 is 0 Å². The van der Waals surface area contributed by atoms with Gasteiger partial charge in [0, 0.05) is 0 Å². The van der Waals surface area contributed by atoms with Crippen molar-refractivity contribution in [3.05, 3.63) is 90.0 Å². The number of ether oxygens (including phenoxy) is 1. The Morgan fingerprint density at radius 1 is 0.893 bits per heavy atom. The fourth-order valence-corrected chi connectivity index (χ4v) is 4.61. The molecule has 0 saturated heterocycles. The Kier molecular flexibility index (Phi) is 7.18. The summed E-state index contributed by atoms with van der Waals surface area (Å²) in [6, 6.07) is 24.9. The van der Waals surface area contributed by atoms with Crippen molar-refractivity contribution in [2.75, 3.05) is 6.61 Å². The molecular formula is C23H20AsO4. The normalized spacial score (nSPS) is 11.0. The molecule has 0 heterocycles. The van der Waals surface area contributed by atoms with E-state index in [4.69, 9.17) is 9.84 Å². The molecule has 0 aromatic heterocycles. The molecule has 0 aliphatic carbocycles. The van der Waals surface area contributed by atoms with Crippen molar-refractivity contribution in [2.45, 2.75) is 11.8 Å². The van der Waals surface area contributed by atoms with Crippen LogP contribution in [0.2, 0.25) is 5.21 Å². The van der Waals surface area contributed by atoms with Crippen LogP contribution in [0.4, 0.5) is 0 Å². The number of rotatable bonds is 9. The molecule has 28 heavy (non-hydrogen) atoms. The summed E-state index contributed by atoms with van der Waals surface area (Å²) in [5, 5.41) is 9.46. The number of ketones is 1. The van der Waals surface area contributed by atoms with E-state index in [0.717, 1.165) is 21.0 Å². The summed E-state index contributed by atoms with van der Waals surface area (Å²) in [6.07, 6.45) is 0. The molecule has 0 aliphatic rings. The van der Waals surface area contributed by atoms with E-state index in [9.17, 15) is 9.59 Å². The van der Waals surface area contributed by atoms with Gasteiger partial charge < -0.3 is 0 Å². The average Bonchev–Trinajstić information content (AvgIpc) is 2.73. The summed E-state index contributed by atoms with van der Waals surface area (Å²) in [4.78, 5) is 23.2. The van der Waals surface area contributed by atoms with Crippen molar-refractivity contribution in [1.82, 2.24) is 0 Å². The average molecular weight is 435 g/mol. The molecule has 0 saturated carbocycles. The molecule has 0 unspecified atom stereocenters.